The summed E-state index contributed by atoms with van der Waals surface area (Å²) in [5.74, 6) is 0.639. The molecule has 0 amide bonds. The molecular formula is C6H13ClO2S. The maximum Gasteiger partial charge on any atom is 0.152 e. The van der Waals surface area contributed by atoms with Crippen molar-refractivity contribution in [3.8, 4) is 0 Å². The second-order valence-electron chi connectivity index (χ2n) is 2.46. The summed E-state index contributed by atoms with van der Waals surface area (Å²) in [5, 5.41) is -0.268. The van der Waals surface area contributed by atoms with Crippen molar-refractivity contribution >= 4 is 21.4 Å². The Balaban J connectivity index is 3.90. The van der Waals surface area contributed by atoms with E-state index in [0.29, 0.717) is 12.3 Å². The first-order chi connectivity index (χ1) is 4.50. The highest BCUT2D eigenvalue weighted by atomic mass is 35.5. The van der Waals surface area contributed by atoms with Crippen molar-refractivity contribution in [2.75, 3.05) is 11.6 Å². The predicted octanol–water partition coefficient (Wildman–Crippen LogP) is 1.44. The Kier molecular flexibility index (Phi) is 4.29. The van der Waals surface area contributed by atoms with Gasteiger partial charge in [0.05, 0.1) is 11.0 Å². The lowest BCUT2D eigenvalue weighted by Gasteiger charge is -2.04. The smallest absolute Gasteiger partial charge is 0.152 e. The molecule has 0 rings (SSSR count). The molecule has 0 bridgehead atoms. The molecule has 0 aliphatic rings. The summed E-state index contributed by atoms with van der Waals surface area (Å²) in [6.07, 6.45) is 0.558. The monoisotopic (exact) mass is 184 g/mol. The van der Waals surface area contributed by atoms with E-state index >= 15 is 0 Å². The van der Waals surface area contributed by atoms with Gasteiger partial charge in [0.15, 0.2) is 9.84 Å². The van der Waals surface area contributed by atoms with E-state index in [1.807, 2.05) is 0 Å². The van der Waals surface area contributed by atoms with E-state index in [2.05, 4.69) is 0 Å². The number of halogens is 1. The molecule has 0 unspecified atom stereocenters. The van der Waals surface area contributed by atoms with Crippen LogP contribution in [0.2, 0.25) is 0 Å². The van der Waals surface area contributed by atoms with Gasteiger partial charge in [0.1, 0.15) is 0 Å². The summed E-state index contributed by atoms with van der Waals surface area (Å²) in [6, 6.07) is 0. The first-order valence-corrected chi connectivity index (χ1v) is 5.53. The first kappa shape index (κ1) is 10.2. The van der Waals surface area contributed by atoms with E-state index in [1.165, 1.54) is 0 Å². The SMILES string of the molecule is CC(C)S(=O)(=O)CCCCl. The van der Waals surface area contributed by atoms with Crippen LogP contribution in [0.5, 0.6) is 0 Å². The quantitative estimate of drug-likeness (QED) is 0.620. The van der Waals surface area contributed by atoms with Crippen molar-refractivity contribution in [3.05, 3.63) is 0 Å². The van der Waals surface area contributed by atoms with Crippen LogP contribution in [0.3, 0.4) is 0 Å². The van der Waals surface area contributed by atoms with E-state index in [9.17, 15) is 8.42 Å². The number of hydrogen-bond acceptors (Lipinski definition) is 2. The lowest BCUT2D eigenvalue weighted by atomic mass is 10.6. The molecule has 0 fully saturated rings. The number of alkyl halides is 1. The third kappa shape index (κ3) is 3.42. The summed E-state index contributed by atoms with van der Waals surface area (Å²) >= 11 is 5.35. The third-order valence-corrected chi connectivity index (χ3v) is 3.84. The maximum atomic E-state index is 11.0. The lowest BCUT2D eigenvalue weighted by molar-refractivity contribution is 0.586. The Morgan fingerprint density at radius 1 is 1.40 bits per heavy atom. The Bertz CT molecular complexity index is 172. The van der Waals surface area contributed by atoms with Gasteiger partial charge in [0, 0.05) is 5.88 Å². The van der Waals surface area contributed by atoms with E-state index < -0.39 is 9.84 Å². The summed E-state index contributed by atoms with van der Waals surface area (Å²) in [5.41, 5.74) is 0. The van der Waals surface area contributed by atoms with Crippen LogP contribution in [-0.2, 0) is 9.84 Å². The summed E-state index contributed by atoms with van der Waals surface area (Å²) in [6.45, 7) is 3.37. The van der Waals surface area contributed by atoms with E-state index in [0.717, 1.165) is 0 Å². The van der Waals surface area contributed by atoms with Gasteiger partial charge in [-0.05, 0) is 20.3 Å². The fourth-order valence-electron chi connectivity index (χ4n) is 0.491. The van der Waals surface area contributed by atoms with Crippen LogP contribution in [0.15, 0.2) is 0 Å². The highest BCUT2D eigenvalue weighted by Crippen LogP contribution is 2.02. The van der Waals surface area contributed by atoms with Gasteiger partial charge < -0.3 is 0 Å². The summed E-state index contributed by atoms with van der Waals surface area (Å²) < 4.78 is 22.1. The highest BCUT2D eigenvalue weighted by Gasteiger charge is 2.14. The predicted molar refractivity (Wildman–Crippen MR) is 44.3 cm³/mol. The molecule has 0 radical (unpaired) electrons. The minimum atomic E-state index is -2.84. The van der Waals surface area contributed by atoms with Gasteiger partial charge in [-0.25, -0.2) is 8.42 Å². The molecule has 0 saturated carbocycles. The van der Waals surface area contributed by atoms with Crippen LogP contribution in [0.25, 0.3) is 0 Å². The van der Waals surface area contributed by atoms with Gasteiger partial charge in [-0.2, -0.15) is 0 Å². The molecule has 0 atom stereocenters. The second-order valence-corrected chi connectivity index (χ2v) is 5.51. The standard InChI is InChI=1S/C6H13ClO2S/c1-6(2)10(8,9)5-3-4-7/h6H,3-5H2,1-2H3. The normalized spacial score (nSPS) is 12.4. The molecule has 0 heterocycles. The molecule has 0 aliphatic heterocycles. The highest BCUT2D eigenvalue weighted by molar-refractivity contribution is 7.91. The van der Waals surface area contributed by atoms with Gasteiger partial charge >= 0.3 is 0 Å². The fourth-order valence-corrected chi connectivity index (χ4v) is 1.80. The molecule has 0 aromatic rings. The largest absolute Gasteiger partial charge is 0.229 e. The van der Waals surface area contributed by atoms with E-state index in [4.69, 9.17) is 11.6 Å². The van der Waals surface area contributed by atoms with Gasteiger partial charge in [-0.1, -0.05) is 0 Å². The zero-order chi connectivity index (χ0) is 8.20. The lowest BCUT2D eigenvalue weighted by Crippen LogP contribution is -2.17. The topological polar surface area (TPSA) is 34.1 Å². The molecule has 0 spiro atoms. The molecule has 0 aromatic heterocycles. The Hall–Kier alpha value is 0.240. The maximum absolute atomic E-state index is 11.0. The molecule has 0 saturated heterocycles. The van der Waals surface area contributed by atoms with Crippen molar-refractivity contribution in [1.29, 1.82) is 0 Å². The van der Waals surface area contributed by atoms with Gasteiger partial charge in [0.25, 0.3) is 0 Å². The fraction of sp³-hybridized carbons (Fsp3) is 1.00. The van der Waals surface area contributed by atoms with Crippen LogP contribution in [0.4, 0.5) is 0 Å². The van der Waals surface area contributed by atoms with Gasteiger partial charge in [-0.3, -0.25) is 0 Å². The number of sulfone groups is 1. The molecule has 0 N–H and O–H groups in total. The summed E-state index contributed by atoms with van der Waals surface area (Å²) in [7, 11) is -2.84. The number of rotatable bonds is 4. The molecule has 0 aliphatic carbocycles. The molecular weight excluding hydrogens is 172 g/mol. The zero-order valence-corrected chi connectivity index (χ0v) is 7.87. The second kappa shape index (κ2) is 4.19. The molecule has 2 nitrogen and oxygen atoms in total. The van der Waals surface area contributed by atoms with Crippen molar-refractivity contribution in [2.24, 2.45) is 0 Å². The van der Waals surface area contributed by atoms with Crippen LogP contribution >= 0.6 is 11.6 Å². The average Bonchev–Trinajstić information content (AvgIpc) is 1.84. The molecule has 10 heavy (non-hydrogen) atoms. The Morgan fingerprint density at radius 2 is 1.90 bits per heavy atom. The molecule has 62 valence electrons. The van der Waals surface area contributed by atoms with Crippen molar-refractivity contribution in [1.82, 2.24) is 0 Å². The Labute approximate surface area is 67.5 Å². The van der Waals surface area contributed by atoms with Crippen molar-refractivity contribution in [3.63, 3.8) is 0 Å². The minimum Gasteiger partial charge on any atom is -0.229 e. The van der Waals surface area contributed by atoms with Crippen LogP contribution in [0, 0.1) is 0 Å². The van der Waals surface area contributed by atoms with Crippen LogP contribution in [0.1, 0.15) is 20.3 Å². The van der Waals surface area contributed by atoms with Gasteiger partial charge in [0.2, 0.25) is 0 Å². The third-order valence-electron chi connectivity index (χ3n) is 1.28. The van der Waals surface area contributed by atoms with E-state index in [1.54, 1.807) is 13.8 Å². The van der Waals surface area contributed by atoms with Crippen LogP contribution in [-0.4, -0.2) is 25.3 Å². The van der Waals surface area contributed by atoms with Gasteiger partial charge in [-0.15, -0.1) is 11.6 Å². The number of hydrogen-bond donors (Lipinski definition) is 0. The zero-order valence-electron chi connectivity index (χ0n) is 6.30. The molecule has 4 heteroatoms. The van der Waals surface area contributed by atoms with Crippen LogP contribution < -0.4 is 0 Å². The first-order valence-electron chi connectivity index (χ1n) is 3.28. The van der Waals surface area contributed by atoms with Crippen molar-refractivity contribution in [2.45, 2.75) is 25.5 Å². The Morgan fingerprint density at radius 3 is 2.20 bits per heavy atom. The average molecular weight is 185 g/mol. The summed E-state index contributed by atoms with van der Waals surface area (Å²) in [4.78, 5) is 0. The van der Waals surface area contributed by atoms with Crippen molar-refractivity contribution < 1.29 is 8.42 Å². The minimum absolute atomic E-state index is 0.216. The molecule has 0 aromatic carbocycles. The van der Waals surface area contributed by atoms with E-state index in [-0.39, 0.29) is 11.0 Å².